The summed E-state index contributed by atoms with van der Waals surface area (Å²) in [5.74, 6) is -1.55. The lowest BCUT2D eigenvalue weighted by atomic mass is 9.99. The molecule has 0 aliphatic heterocycles. The molecule has 0 unspecified atom stereocenters. The Kier molecular flexibility index (Phi) is 4.74. The fourth-order valence-corrected chi connectivity index (χ4v) is 2.59. The van der Waals surface area contributed by atoms with E-state index in [9.17, 15) is 14.7 Å². The first-order valence-electron chi connectivity index (χ1n) is 7.98. The maximum Gasteiger partial charge on any atom is 0.356 e. The van der Waals surface area contributed by atoms with E-state index >= 15 is 0 Å². The van der Waals surface area contributed by atoms with Crippen LogP contribution in [0.1, 0.15) is 46.4 Å². The zero-order valence-corrected chi connectivity index (χ0v) is 14.2. The van der Waals surface area contributed by atoms with Crippen molar-refractivity contribution in [1.82, 2.24) is 20.2 Å². The fraction of sp³-hybridized carbons (Fsp3) is 0.167. The van der Waals surface area contributed by atoms with Gasteiger partial charge in [-0.2, -0.15) is 5.10 Å². The van der Waals surface area contributed by atoms with Crippen LogP contribution in [0.25, 0.3) is 11.1 Å². The molecule has 3 aromatic rings. The first kappa shape index (κ1) is 17.3. The molecule has 132 valence electrons. The third-order valence-corrected chi connectivity index (χ3v) is 3.78. The number of rotatable bonds is 5. The van der Waals surface area contributed by atoms with Crippen molar-refractivity contribution in [1.29, 1.82) is 0 Å². The van der Waals surface area contributed by atoms with Crippen LogP contribution in [0, 0.1) is 0 Å². The molecule has 8 heteroatoms. The van der Waals surface area contributed by atoms with E-state index in [4.69, 9.17) is 0 Å². The molecule has 0 fully saturated rings. The van der Waals surface area contributed by atoms with Crippen LogP contribution in [0.5, 0.6) is 0 Å². The summed E-state index contributed by atoms with van der Waals surface area (Å²) >= 11 is 0. The number of carboxylic acids is 1. The van der Waals surface area contributed by atoms with Gasteiger partial charge in [-0.25, -0.2) is 14.8 Å². The highest BCUT2D eigenvalue weighted by Crippen LogP contribution is 2.33. The predicted molar refractivity (Wildman–Crippen MR) is 95.1 cm³/mol. The minimum absolute atomic E-state index is 0.148. The number of carbonyl (C=O) groups excluding carboxylic acids is 1. The third kappa shape index (κ3) is 3.30. The molecule has 0 aliphatic carbocycles. The van der Waals surface area contributed by atoms with Gasteiger partial charge in [-0.1, -0.05) is 44.2 Å². The maximum absolute atomic E-state index is 12.6. The molecule has 2 heterocycles. The molecule has 0 radical (unpaired) electrons. The number of benzene rings is 1. The van der Waals surface area contributed by atoms with Crippen LogP contribution in [0.3, 0.4) is 0 Å². The van der Waals surface area contributed by atoms with Crippen LogP contribution in [-0.2, 0) is 0 Å². The molecular weight excluding hydrogens is 334 g/mol. The van der Waals surface area contributed by atoms with Crippen molar-refractivity contribution < 1.29 is 14.7 Å². The second-order valence-corrected chi connectivity index (χ2v) is 5.89. The Bertz CT molecular complexity index is 950. The molecule has 0 bridgehead atoms. The third-order valence-electron chi connectivity index (χ3n) is 3.78. The SMILES string of the molecule is CC(C)c1[nH]nc(NC(=O)c2nccnc2C(=O)O)c1-c1ccccc1. The summed E-state index contributed by atoms with van der Waals surface area (Å²) in [5, 5.41) is 19.0. The molecule has 0 saturated carbocycles. The molecule has 1 amide bonds. The molecular formula is C18H17N5O3. The molecule has 0 saturated heterocycles. The summed E-state index contributed by atoms with van der Waals surface area (Å²) in [6.07, 6.45) is 2.49. The number of aromatic amines is 1. The van der Waals surface area contributed by atoms with Crippen LogP contribution in [0.15, 0.2) is 42.7 Å². The van der Waals surface area contributed by atoms with E-state index in [2.05, 4.69) is 25.5 Å². The van der Waals surface area contributed by atoms with Crippen LogP contribution >= 0.6 is 0 Å². The van der Waals surface area contributed by atoms with Crippen molar-refractivity contribution in [3.05, 3.63) is 59.8 Å². The number of amides is 1. The Morgan fingerprint density at radius 2 is 1.73 bits per heavy atom. The summed E-state index contributed by atoms with van der Waals surface area (Å²) in [6.45, 7) is 4.02. The lowest BCUT2D eigenvalue weighted by Crippen LogP contribution is -2.20. The average molecular weight is 351 g/mol. The number of carbonyl (C=O) groups is 2. The van der Waals surface area contributed by atoms with Gasteiger partial charge >= 0.3 is 5.97 Å². The number of hydrogen-bond acceptors (Lipinski definition) is 5. The van der Waals surface area contributed by atoms with E-state index in [-0.39, 0.29) is 11.6 Å². The van der Waals surface area contributed by atoms with E-state index in [1.807, 2.05) is 44.2 Å². The normalized spacial score (nSPS) is 10.7. The smallest absolute Gasteiger partial charge is 0.356 e. The number of H-pyrrole nitrogens is 1. The van der Waals surface area contributed by atoms with Gasteiger partial charge in [0.2, 0.25) is 0 Å². The molecule has 0 atom stereocenters. The number of hydrogen-bond donors (Lipinski definition) is 3. The first-order valence-corrected chi connectivity index (χ1v) is 7.98. The maximum atomic E-state index is 12.6. The van der Waals surface area contributed by atoms with Crippen LogP contribution in [0.4, 0.5) is 5.82 Å². The Morgan fingerprint density at radius 1 is 1.08 bits per heavy atom. The van der Waals surface area contributed by atoms with E-state index in [1.165, 1.54) is 12.4 Å². The van der Waals surface area contributed by atoms with Gasteiger partial charge in [0.05, 0.1) is 0 Å². The average Bonchev–Trinajstić information content (AvgIpc) is 3.06. The minimum atomic E-state index is -1.32. The van der Waals surface area contributed by atoms with Gasteiger partial charge in [-0.15, -0.1) is 0 Å². The number of carboxylic acid groups (broad SMARTS) is 1. The van der Waals surface area contributed by atoms with Crippen LogP contribution < -0.4 is 5.32 Å². The number of aromatic nitrogens is 4. The summed E-state index contributed by atoms with van der Waals surface area (Å²) in [4.78, 5) is 31.4. The van der Waals surface area contributed by atoms with Crippen molar-refractivity contribution in [3.63, 3.8) is 0 Å². The Labute approximate surface area is 149 Å². The summed E-state index contributed by atoms with van der Waals surface area (Å²) in [7, 11) is 0. The number of nitrogens with zero attached hydrogens (tertiary/aromatic N) is 3. The van der Waals surface area contributed by atoms with E-state index in [0.717, 1.165) is 16.8 Å². The van der Waals surface area contributed by atoms with Crippen LogP contribution in [0.2, 0.25) is 0 Å². The molecule has 26 heavy (non-hydrogen) atoms. The van der Waals surface area contributed by atoms with Crippen LogP contribution in [-0.4, -0.2) is 37.1 Å². The van der Waals surface area contributed by atoms with E-state index in [1.54, 1.807) is 0 Å². The predicted octanol–water partition coefficient (Wildman–Crippen LogP) is 2.94. The van der Waals surface area contributed by atoms with Gasteiger partial charge < -0.3 is 10.4 Å². The monoisotopic (exact) mass is 351 g/mol. The summed E-state index contributed by atoms with van der Waals surface area (Å²) < 4.78 is 0. The molecule has 8 nitrogen and oxygen atoms in total. The Morgan fingerprint density at radius 3 is 2.35 bits per heavy atom. The van der Waals surface area contributed by atoms with Gasteiger partial charge in [0.15, 0.2) is 17.2 Å². The van der Waals surface area contributed by atoms with Gasteiger partial charge in [0, 0.05) is 23.7 Å². The standard InChI is InChI=1S/C18H17N5O3/c1-10(2)13-12(11-6-4-3-5-7-11)16(23-22-13)21-17(24)14-15(18(25)26)20-9-8-19-14/h3-10H,1-2H3,(H,25,26)(H2,21,22,23,24). The number of aromatic carboxylic acids is 1. The fourth-order valence-electron chi connectivity index (χ4n) is 2.59. The van der Waals surface area contributed by atoms with Crippen molar-refractivity contribution in [2.75, 3.05) is 5.32 Å². The second-order valence-electron chi connectivity index (χ2n) is 5.89. The van der Waals surface area contributed by atoms with E-state index < -0.39 is 17.6 Å². The summed E-state index contributed by atoms with van der Waals surface area (Å²) in [5.41, 5.74) is 1.83. The highest BCUT2D eigenvalue weighted by molar-refractivity contribution is 6.09. The molecule has 0 aliphatic rings. The molecule has 2 aromatic heterocycles. The first-order chi connectivity index (χ1) is 12.5. The van der Waals surface area contributed by atoms with Gasteiger partial charge in [-0.05, 0) is 11.5 Å². The molecule has 3 rings (SSSR count). The molecule has 3 N–H and O–H groups in total. The lowest BCUT2D eigenvalue weighted by molar-refractivity contribution is 0.0685. The highest BCUT2D eigenvalue weighted by Gasteiger charge is 2.23. The lowest BCUT2D eigenvalue weighted by Gasteiger charge is -2.10. The highest BCUT2D eigenvalue weighted by atomic mass is 16.4. The van der Waals surface area contributed by atoms with Crippen molar-refractivity contribution >= 4 is 17.7 Å². The quantitative estimate of drug-likeness (QED) is 0.650. The Hall–Kier alpha value is -3.55. The minimum Gasteiger partial charge on any atom is -0.476 e. The zero-order valence-electron chi connectivity index (χ0n) is 14.2. The van der Waals surface area contributed by atoms with Crippen molar-refractivity contribution in [3.8, 4) is 11.1 Å². The van der Waals surface area contributed by atoms with Gasteiger partial charge in [0.1, 0.15) is 0 Å². The van der Waals surface area contributed by atoms with Gasteiger partial charge in [0.25, 0.3) is 5.91 Å². The number of anilines is 1. The molecule has 1 aromatic carbocycles. The topological polar surface area (TPSA) is 121 Å². The largest absolute Gasteiger partial charge is 0.476 e. The second kappa shape index (κ2) is 7.14. The van der Waals surface area contributed by atoms with Crippen molar-refractivity contribution in [2.24, 2.45) is 0 Å². The molecule has 0 spiro atoms. The number of nitrogens with one attached hydrogen (secondary N) is 2. The Balaban J connectivity index is 2.01. The van der Waals surface area contributed by atoms with Crippen molar-refractivity contribution in [2.45, 2.75) is 19.8 Å². The van der Waals surface area contributed by atoms with E-state index in [0.29, 0.717) is 5.82 Å². The van der Waals surface area contributed by atoms with Gasteiger partial charge in [-0.3, -0.25) is 9.89 Å². The summed E-state index contributed by atoms with van der Waals surface area (Å²) in [6, 6.07) is 9.51. The zero-order chi connectivity index (χ0) is 18.7.